The Hall–Kier alpha value is -0.260. The van der Waals surface area contributed by atoms with Gasteiger partial charge in [0.05, 0.1) is 0 Å². The molecule has 10 heavy (non-hydrogen) atoms. The summed E-state index contributed by atoms with van der Waals surface area (Å²) in [6, 6.07) is 0. The van der Waals surface area contributed by atoms with Gasteiger partial charge in [-0.15, -0.1) is 0 Å². The summed E-state index contributed by atoms with van der Waals surface area (Å²) in [5, 5.41) is 0. The summed E-state index contributed by atoms with van der Waals surface area (Å²) in [6.45, 7) is 2.41. The minimum absolute atomic E-state index is 0.992. The van der Waals surface area contributed by atoms with Gasteiger partial charge in [0, 0.05) is 0 Å². The molecule has 0 heteroatoms. The molecule has 2 rings (SSSR count). The van der Waals surface area contributed by atoms with E-state index < -0.39 is 0 Å². The van der Waals surface area contributed by atoms with Gasteiger partial charge in [0.1, 0.15) is 0 Å². The Morgan fingerprint density at radius 1 is 1.40 bits per heavy atom. The van der Waals surface area contributed by atoms with Crippen LogP contribution in [-0.4, -0.2) is 0 Å². The van der Waals surface area contributed by atoms with E-state index in [0.717, 1.165) is 11.8 Å². The highest BCUT2D eigenvalue weighted by atomic mass is 14.3. The summed E-state index contributed by atoms with van der Waals surface area (Å²) >= 11 is 0. The lowest BCUT2D eigenvalue weighted by Crippen LogP contribution is -2.08. The van der Waals surface area contributed by atoms with Crippen LogP contribution in [0.1, 0.15) is 39.0 Å². The van der Waals surface area contributed by atoms with Crippen LogP contribution in [0.25, 0.3) is 0 Å². The van der Waals surface area contributed by atoms with Crippen LogP contribution in [0.4, 0.5) is 0 Å². The first-order valence-corrected chi connectivity index (χ1v) is 4.57. The van der Waals surface area contributed by atoms with Crippen LogP contribution in [0.2, 0.25) is 0 Å². The summed E-state index contributed by atoms with van der Waals surface area (Å²) in [6.07, 6.45) is 9.64. The lowest BCUT2D eigenvalue weighted by molar-refractivity contribution is 0.411. The maximum atomic E-state index is 2.50. The molecule has 0 saturated heterocycles. The fraction of sp³-hybridized carbons (Fsp3) is 0.800. The minimum atomic E-state index is 0.992. The van der Waals surface area contributed by atoms with E-state index in [9.17, 15) is 0 Å². The molecule has 0 aromatic carbocycles. The summed E-state index contributed by atoms with van der Waals surface area (Å²) in [5.74, 6) is 1.99. The lowest BCUT2D eigenvalue weighted by atomic mass is 9.85. The molecule has 2 aliphatic rings. The zero-order chi connectivity index (χ0) is 6.97. The van der Waals surface area contributed by atoms with E-state index >= 15 is 0 Å². The van der Waals surface area contributed by atoms with Gasteiger partial charge in [-0.3, -0.25) is 0 Å². The third-order valence-electron chi connectivity index (χ3n) is 3.18. The van der Waals surface area contributed by atoms with E-state index in [1.54, 1.807) is 5.57 Å². The predicted molar refractivity (Wildman–Crippen MR) is 43.8 cm³/mol. The van der Waals surface area contributed by atoms with Gasteiger partial charge >= 0.3 is 0 Å². The van der Waals surface area contributed by atoms with E-state index in [1.807, 2.05) is 0 Å². The molecule has 2 unspecified atom stereocenters. The van der Waals surface area contributed by atoms with Crippen molar-refractivity contribution in [1.82, 2.24) is 0 Å². The number of hydrogen-bond donors (Lipinski definition) is 0. The highest BCUT2D eigenvalue weighted by Gasteiger charge is 2.28. The summed E-state index contributed by atoms with van der Waals surface area (Å²) in [5.41, 5.74) is 1.79. The fourth-order valence-electron chi connectivity index (χ4n) is 2.49. The van der Waals surface area contributed by atoms with Crippen molar-refractivity contribution in [2.75, 3.05) is 0 Å². The van der Waals surface area contributed by atoms with Gasteiger partial charge in [-0.1, -0.05) is 18.6 Å². The molecule has 0 nitrogen and oxygen atoms in total. The molecule has 0 amide bonds. The predicted octanol–water partition coefficient (Wildman–Crippen LogP) is 3.14. The van der Waals surface area contributed by atoms with Crippen LogP contribution in [-0.2, 0) is 0 Å². The van der Waals surface area contributed by atoms with E-state index in [1.165, 1.54) is 32.1 Å². The maximum absolute atomic E-state index is 2.50. The number of hydrogen-bond acceptors (Lipinski definition) is 0. The number of fused-ring (bicyclic) bond motifs is 1. The molecule has 0 aromatic rings. The summed E-state index contributed by atoms with van der Waals surface area (Å²) < 4.78 is 0. The van der Waals surface area contributed by atoms with Gasteiger partial charge in [0.2, 0.25) is 0 Å². The van der Waals surface area contributed by atoms with Crippen LogP contribution in [0.15, 0.2) is 11.6 Å². The molecule has 56 valence electrons. The summed E-state index contributed by atoms with van der Waals surface area (Å²) in [4.78, 5) is 0. The first-order valence-electron chi connectivity index (χ1n) is 4.57. The van der Waals surface area contributed by atoms with Crippen molar-refractivity contribution < 1.29 is 0 Å². The van der Waals surface area contributed by atoms with Crippen LogP contribution >= 0.6 is 0 Å². The van der Waals surface area contributed by atoms with Gasteiger partial charge in [-0.05, 0) is 43.9 Å². The Labute approximate surface area is 63.3 Å². The molecule has 0 bridgehead atoms. The zero-order valence-corrected chi connectivity index (χ0v) is 6.77. The molecule has 1 fully saturated rings. The zero-order valence-electron chi connectivity index (χ0n) is 6.77. The third kappa shape index (κ3) is 0.902. The van der Waals surface area contributed by atoms with Gasteiger partial charge in [-0.25, -0.2) is 0 Å². The average molecular weight is 136 g/mol. The second-order valence-corrected chi connectivity index (χ2v) is 3.83. The Morgan fingerprint density at radius 3 is 3.10 bits per heavy atom. The van der Waals surface area contributed by atoms with Gasteiger partial charge in [-0.2, -0.15) is 0 Å². The number of rotatable bonds is 0. The maximum Gasteiger partial charge on any atom is -0.0177 e. The molecule has 1 saturated carbocycles. The van der Waals surface area contributed by atoms with Crippen molar-refractivity contribution in [3.63, 3.8) is 0 Å². The Kier molecular flexibility index (Phi) is 1.55. The highest BCUT2D eigenvalue weighted by Crippen LogP contribution is 2.41. The smallest absolute Gasteiger partial charge is 0.0177 e. The second-order valence-electron chi connectivity index (χ2n) is 3.83. The summed E-state index contributed by atoms with van der Waals surface area (Å²) in [7, 11) is 0. The first kappa shape index (κ1) is 6.45. The van der Waals surface area contributed by atoms with E-state index in [2.05, 4.69) is 13.0 Å². The van der Waals surface area contributed by atoms with E-state index in [4.69, 9.17) is 0 Å². The Bertz CT molecular complexity index is 155. The molecule has 0 radical (unpaired) electrons. The van der Waals surface area contributed by atoms with Crippen LogP contribution in [0, 0.1) is 11.8 Å². The quantitative estimate of drug-likeness (QED) is 0.449. The van der Waals surface area contributed by atoms with E-state index in [-0.39, 0.29) is 0 Å². The Balaban J connectivity index is 2.17. The fourth-order valence-corrected chi connectivity index (χ4v) is 2.49. The van der Waals surface area contributed by atoms with E-state index in [0.29, 0.717) is 0 Å². The molecule has 2 aliphatic carbocycles. The minimum Gasteiger partial charge on any atom is -0.0850 e. The first-order chi connectivity index (χ1) is 4.88. The average Bonchev–Trinajstić information content (AvgIpc) is 2.34. The van der Waals surface area contributed by atoms with Gasteiger partial charge in [0.15, 0.2) is 0 Å². The van der Waals surface area contributed by atoms with Crippen molar-refractivity contribution in [1.29, 1.82) is 0 Å². The SMILES string of the molecule is CC1CCC2=CCCCC21. The van der Waals surface area contributed by atoms with Crippen LogP contribution in [0.5, 0.6) is 0 Å². The third-order valence-corrected chi connectivity index (χ3v) is 3.18. The topological polar surface area (TPSA) is 0 Å². The van der Waals surface area contributed by atoms with Crippen molar-refractivity contribution in [3.05, 3.63) is 11.6 Å². The van der Waals surface area contributed by atoms with Crippen molar-refractivity contribution >= 4 is 0 Å². The van der Waals surface area contributed by atoms with Crippen LogP contribution < -0.4 is 0 Å². The van der Waals surface area contributed by atoms with Gasteiger partial charge < -0.3 is 0 Å². The lowest BCUT2D eigenvalue weighted by Gasteiger charge is -2.20. The monoisotopic (exact) mass is 136 g/mol. The van der Waals surface area contributed by atoms with Gasteiger partial charge in [0.25, 0.3) is 0 Å². The second kappa shape index (κ2) is 2.41. The normalized spacial score (nSPS) is 39.1. The van der Waals surface area contributed by atoms with Crippen molar-refractivity contribution in [2.24, 2.45) is 11.8 Å². The molecule has 0 spiro atoms. The van der Waals surface area contributed by atoms with Crippen LogP contribution in [0.3, 0.4) is 0 Å². The molecule has 0 N–H and O–H groups in total. The highest BCUT2D eigenvalue weighted by molar-refractivity contribution is 5.15. The Morgan fingerprint density at radius 2 is 2.30 bits per heavy atom. The largest absolute Gasteiger partial charge is 0.0850 e. The number of allylic oxidation sites excluding steroid dienone is 2. The molecule has 0 aliphatic heterocycles. The molecular formula is C10H16. The molecule has 2 atom stereocenters. The van der Waals surface area contributed by atoms with Crippen molar-refractivity contribution in [2.45, 2.75) is 39.0 Å². The molecule has 0 aromatic heterocycles. The standard InChI is InChI=1S/C10H16/c1-8-6-7-9-4-2-3-5-10(8)9/h4,8,10H,2-3,5-7H2,1H3. The van der Waals surface area contributed by atoms with Crippen molar-refractivity contribution in [3.8, 4) is 0 Å². The molecular weight excluding hydrogens is 120 g/mol. The molecule has 0 heterocycles.